The molecule has 76 valence electrons. The molecule has 1 aromatic rings. The molecular weight excluding hydrogens is 280 g/mol. The second-order valence-corrected chi connectivity index (χ2v) is 2.24. The molecule has 0 heterocycles. The van der Waals surface area contributed by atoms with Crippen LogP contribution in [0.25, 0.3) is 0 Å². The fourth-order valence-electron chi connectivity index (χ4n) is 0.799. The summed E-state index contributed by atoms with van der Waals surface area (Å²) in [6, 6.07) is 2.57. The monoisotopic (exact) mass is 285 g/mol. The molecule has 1 aromatic carbocycles. The second-order valence-electron chi connectivity index (χ2n) is 2.24. The topological polar surface area (TPSA) is 135 Å². The molecule has 0 saturated carbocycles. The van der Waals surface area contributed by atoms with Crippen molar-refractivity contribution in [1.29, 1.82) is 0 Å². The molecule has 0 aliphatic heterocycles. The number of carbonyl (C=O) groups is 1. The van der Waals surface area contributed by atoms with Gasteiger partial charge >= 0.3 is 64.2 Å². The molecule has 0 aromatic heterocycles. The van der Waals surface area contributed by atoms with Crippen LogP contribution in [0, 0.1) is 10.1 Å². The Kier molecular flexibility index (Phi) is 7.98. The van der Waals surface area contributed by atoms with Crippen molar-refractivity contribution in [1.82, 2.24) is 0 Å². The molecule has 0 amide bonds. The number of hydrogen-bond donors (Lipinski definition) is 1. The molecule has 0 saturated heterocycles. The number of hydrogen-bond acceptors (Lipinski definition) is 4. The zero-order valence-electron chi connectivity index (χ0n) is 7.76. The van der Waals surface area contributed by atoms with Crippen molar-refractivity contribution in [2.45, 2.75) is 0 Å². The first-order valence-corrected chi connectivity index (χ1v) is 3.21. The maximum Gasteiger partial charge on any atom is 1.00 e. The van der Waals surface area contributed by atoms with E-state index in [4.69, 9.17) is 5.11 Å². The van der Waals surface area contributed by atoms with Crippen LogP contribution in [-0.2, 0) is 0 Å². The van der Waals surface area contributed by atoms with Crippen LogP contribution in [0.1, 0.15) is 10.4 Å². The second kappa shape index (κ2) is 7.02. The Morgan fingerprint density at radius 3 is 2.33 bits per heavy atom. The average Bonchev–Trinajstić information content (AvgIpc) is 2.04. The third kappa shape index (κ3) is 4.35. The number of nitrogens with zero attached hydrogens (tertiary/aromatic N) is 1. The van der Waals surface area contributed by atoms with Gasteiger partial charge in [0.2, 0.25) is 0 Å². The fourth-order valence-corrected chi connectivity index (χ4v) is 0.799. The molecule has 3 N–H and O–H groups in total. The Bertz CT molecular complexity index is 380. The Hall–Kier alpha value is -0.345. The summed E-state index contributed by atoms with van der Waals surface area (Å²) < 4.78 is 0. The minimum Gasteiger partial charge on any atom is -0.872 e. The molecule has 8 heteroatoms. The molecule has 7 nitrogen and oxygen atoms in total. The molecule has 0 atom stereocenters. The van der Waals surface area contributed by atoms with E-state index in [2.05, 4.69) is 0 Å². The van der Waals surface area contributed by atoms with Crippen LogP contribution in [0.3, 0.4) is 0 Å². The molecule has 0 aliphatic rings. The fraction of sp³-hybridized carbons (Fsp3) is 0. The van der Waals surface area contributed by atoms with E-state index in [1.165, 1.54) is 0 Å². The van der Waals surface area contributed by atoms with Gasteiger partial charge in [-0.15, -0.1) is 0 Å². The van der Waals surface area contributed by atoms with Crippen molar-refractivity contribution >= 4 is 11.7 Å². The first-order valence-electron chi connectivity index (χ1n) is 3.21. The van der Waals surface area contributed by atoms with E-state index in [0.717, 1.165) is 18.2 Å². The number of nitro groups is 1. The van der Waals surface area contributed by atoms with Crippen LogP contribution in [0.4, 0.5) is 5.69 Å². The number of benzene rings is 1. The summed E-state index contributed by atoms with van der Waals surface area (Å²) in [5.74, 6) is -2.20. The molecular formula is C7H6NO6Rb. The molecule has 0 unspecified atom stereocenters. The van der Waals surface area contributed by atoms with E-state index in [0.29, 0.717) is 0 Å². The average molecular weight is 286 g/mol. The summed E-state index contributed by atoms with van der Waals surface area (Å²) in [5, 5.41) is 29.5. The van der Waals surface area contributed by atoms with E-state index in [1.807, 2.05) is 0 Å². The summed E-state index contributed by atoms with van der Waals surface area (Å²) in [4.78, 5) is 19.8. The predicted molar refractivity (Wildman–Crippen MR) is 43.1 cm³/mol. The van der Waals surface area contributed by atoms with Crippen LogP contribution < -0.4 is 63.3 Å². The van der Waals surface area contributed by atoms with Crippen molar-refractivity contribution in [2.24, 2.45) is 0 Å². The standard InChI is InChI=1S/C7H5NO5.H2O.Rb/c9-6-2-1-4(8(12)13)3-5(6)7(10)11;;/h1-3,9H,(H,10,11);1H2;/q;;+1/p-1. The predicted octanol–water partition coefficient (Wildman–Crippen LogP) is -3.45. The molecule has 0 fully saturated rings. The molecule has 0 spiro atoms. The number of aromatic carboxylic acids is 1. The van der Waals surface area contributed by atoms with Crippen LogP contribution >= 0.6 is 0 Å². The summed E-state index contributed by atoms with van der Waals surface area (Å²) in [7, 11) is 0. The van der Waals surface area contributed by atoms with Gasteiger partial charge < -0.3 is 15.7 Å². The summed E-state index contributed by atoms with van der Waals surface area (Å²) >= 11 is 0. The van der Waals surface area contributed by atoms with Crippen molar-refractivity contribution in [2.75, 3.05) is 0 Å². The van der Waals surface area contributed by atoms with Crippen LogP contribution in [0.15, 0.2) is 18.2 Å². The van der Waals surface area contributed by atoms with Gasteiger partial charge in [-0.25, -0.2) is 4.79 Å². The Morgan fingerprint density at radius 1 is 1.40 bits per heavy atom. The van der Waals surface area contributed by atoms with Crippen molar-refractivity contribution in [3.63, 3.8) is 0 Å². The number of non-ortho nitro benzene ring substituents is 1. The Labute approximate surface area is 133 Å². The van der Waals surface area contributed by atoms with Crippen molar-refractivity contribution in [3.05, 3.63) is 33.9 Å². The zero-order chi connectivity index (χ0) is 10.0. The third-order valence-corrected chi connectivity index (χ3v) is 1.40. The van der Waals surface area contributed by atoms with Gasteiger partial charge in [0.15, 0.2) is 0 Å². The Balaban J connectivity index is 0. The molecule has 0 radical (unpaired) electrons. The van der Waals surface area contributed by atoms with E-state index >= 15 is 0 Å². The van der Waals surface area contributed by atoms with Gasteiger partial charge in [-0.3, -0.25) is 10.1 Å². The van der Waals surface area contributed by atoms with Crippen molar-refractivity contribution in [3.8, 4) is 5.75 Å². The van der Waals surface area contributed by atoms with Gasteiger partial charge in [-0.1, -0.05) is 11.8 Å². The summed E-state index contributed by atoms with van der Waals surface area (Å²) in [5.41, 5.74) is -0.994. The first-order chi connectivity index (χ1) is 6.02. The van der Waals surface area contributed by atoms with Crippen LogP contribution in [0.5, 0.6) is 5.75 Å². The number of rotatable bonds is 2. The maximum absolute atomic E-state index is 10.8. The van der Waals surface area contributed by atoms with Gasteiger partial charge in [0.25, 0.3) is 5.69 Å². The van der Waals surface area contributed by atoms with Gasteiger partial charge in [0, 0.05) is 12.1 Å². The summed E-state index contributed by atoms with van der Waals surface area (Å²) in [6.45, 7) is 0. The summed E-state index contributed by atoms with van der Waals surface area (Å²) in [6.07, 6.45) is 0. The minimum absolute atomic E-state index is 0. The minimum atomic E-state index is -1.46. The molecule has 0 aliphatic carbocycles. The van der Waals surface area contributed by atoms with E-state index in [1.54, 1.807) is 0 Å². The van der Waals surface area contributed by atoms with Gasteiger partial charge in [-0.2, -0.15) is 0 Å². The number of nitro benzene ring substituents is 1. The Morgan fingerprint density at radius 2 is 1.93 bits per heavy atom. The van der Waals surface area contributed by atoms with E-state index in [-0.39, 0.29) is 63.7 Å². The van der Waals surface area contributed by atoms with E-state index in [9.17, 15) is 20.0 Å². The molecule has 1 rings (SSSR count). The van der Waals surface area contributed by atoms with Gasteiger partial charge in [-0.05, 0) is 0 Å². The number of carboxylic acid groups (broad SMARTS) is 1. The molecule has 15 heavy (non-hydrogen) atoms. The van der Waals surface area contributed by atoms with Crippen LogP contribution in [-0.4, -0.2) is 21.5 Å². The SMILES string of the molecule is O.O=C(O)c1cc([N+](=O)[O-])ccc1[O-].[Rb+]. The number of carboxylic acids is 1. The van der Waals surface area contributed by atoms with Gasteiger partial charge in [0.1, 0.15) is 0 Å². The zero-order valence-corrected chi connectivity index (χ0v) is 12.7. The van der Waals surface area contributed by atoms with Gasteiger partial charge in [0.05, 0.1) is 10.5 Å². The van der Waals surface area contributed by atoms with Crippen molar-refractivity contribution < 1.29 is 83.6 Å². The third-order valence-electron chi connectivity index (χ3n) is 1.40. The molecule has 0 bridgehead atoms. The van der Waals surface area contributed by atoms with Crippen LogP contribution in [0.2, 0.25) is 0 Å². The van der Waals surface area contributed by atoms with E-state index < -0.39 is 27.9 Å². The quantitative estimate of drug-likeness (QED) is 0.445. The smallest absolute Gasteiger partial charge is 0.872 e. The normalized spacial score (nSPS) is 8.27. The maximum atomic E-state index is 10.8. The largest absolute Gasteiger partial charge is 1.00 e. The first kappa shape index (κ1) is 17.1.